The van der Waals surface area contributed by atoms with Crippen LogP contribution in [0.3, 0.4) is 0 Å². The van der Waals surface area contributed by atoms with E-state index < -0.39 is 34.8 Å². The van der Waals surface area contributed by atoms with Gasteiger partial charge in [0.15, 0.2) is 5.96 Å². The molecule has 2 aromatic carbocycles. The van der Waals surface area contributed by atoms with Crippen molar-refractivity contribution in [1.29, 1.82) is 5.41 Å². The molecule has 0 unspecified atom stereocenters. The lowest BCUT2D eigenvalue weighted by Crippen LogP contribution is -2.48. The van der Waals surface area contributed by atoms with Gasteiger partial charge < -0.3 is 24.3 Å². The zero-order valence-electron chi connectivity index (χ0n) is 24.8. The summed E-state index contributed by atoms with van der Waals surface area (Å²) in [7, 11) is 6.35. The summed E-state index contributed by atoms with van der Waals surface area (Å²) >= 11 is 6.56. The number of carbonyl (C=O) groups is 2. The molecule has 10 nitrogen and oxygen atoms in total. The zero-order chi connectivity index (χ0) is 31.0. The number of nitrogens with one attached hydrogen (secondary N) is 2. The number of halogens is 2. The Labute approximate surface area is 249 Å². The van der Waals surface area contributed by atoms with E-state index in [9.17, 15) is 9.59 Å². The lowest BCUT2D eigenvalue weighted by atomic mass is 9.75. The fourth-order valence-electron chi connectivity index (χ4n) is 5.23. The van der Waals surface area contributed by atoms with Crippen molar-refractivity contribution in [2.75, 3.05) is 27.8 Å². The topological polar surface area (TPSA) is 113 Å². The molecule has 4 rings (SSSR count). The van der Waals surface area contributed by atoms with Gasteiger partial charge >= 0.3 is 6.09 Å². The molecule has 224 valence electrons. The van der Waals surface area contributed by atoms with Gasteiger partial charge in [-0.25, -0.2) is 14.2 Å². The molecule has 2 amide bonds. The number of nitrogens with zero attached hydrogens (tertiary/aromatic N) is 4. The predicted molar refractivity (Wildman–Crippen MR) is 158 cm³/mol. The van der Waals surface area contributed by atoms with Crippen molar-refractivity contribution < 1.29 is 23.5 Å². The number of aryl methyl sites for hydroxylation is 1. The van der Waals surface area contributed by atoms with Gasteiger partial charge in [-0.3, -0.25) is 15.1 Å². The lowest BCUT2D eigenvalue weighted by molar-refractivity contribution is -0.135. The van der Waals surface area contributed by atoms with Crippen LogP contribution >= 0.6 is 11.6 Å². The molecular weight excluding hydrogens is 563 g/mol. The first kappa shape index (κ1) is 30.8. The van der Waals surface area contributed by atoms with Crippen LogP contribution in [0.5, 0.6) is 5.75 Å². The second-order valence-electron chi connectivity index (χ2n) is 11.7. The number of hydrogen-bond acceptors (Lipinski definition) is 6. The van der Waals surface area contributed by atoms with E-state index in [2.05, 4.69) is 10.3 Å². The molecule has 2 N–H and O–H groups in total. The number of guanidine groups is 1. The number of aromatic nitrogens is 2. The Kier molecular flexibility index (Phi) is 8.54. The second-order valence-corrected chi connectivity index (χ2v) is 12.1. The summed E-state index contributed by atoms with van der Waals surface area (Å²) in [6.07, 6.45) is 2.97. The quantitative estimate of drug-likeness (QED) is 0.363. The van der Waals surface area contributed by atoms with E-state index in [0.29, 0.717) is 27.7 Å². The van der Waals surface area contributed by atoms with Crippen molar-refractivity contribution in [3.8, 4) is 17.1 Å². The van der Waals surface area contributed by atoms with Gasteiger partial charge in [0, 0.05) is 50.7 Å². The molecule has 12 heteroatoms. The molecule has 0 aliphatic carbocycles. The molecule has 0 radical (unpaired) electrons. The molecule has 3 aromatic rings. The summed E-state index contributed by atoms with van der Waals surface area (Å²) in [6.45, 7) is 5.54. The Morgan fingerprint density at radius 1 is 1.24 bits per heavy atom. The van der Waals surface area contributed by atoms with Crippen molar-refractivity contribution in [1.82, 2.24) is 24.7 Å². The van der Waals surface area contributed by atoms with E-state index >= 15 is 4.39 Å². The van der Waals surface area contributed by atoms with E-state index in [1.165, 1.54) is 29.0 Å². The number of imidazole rings is 1. The highest BCUT2D eigenvalue weighted by Gasteiger charge is 2.55. The molecule has 42 heavy (non-hydrogen) atoms. The first-order valence-electron chi connectivity index (χ1n) is 13.3. The number of rotatable bonds is 8. The molecule has 0 spiro atoms. The summed E-state index contributed by atoms with van der Waals surface area (Å²) in [5.74, 6) is -0.553. The number of amides is 2. The van der Waals surface area contributed by atoms with Crippen LogP contribution in [0, 0.1) is 16.6 Å². The molecule has 2 heterocycles. The van der Waals surface area contributed by atoms with Crippen LogP contribution in [-0.2, 0) is 22.1 Å². The van der Waals surface area contributed by atoms with Crippen LogP contribution in [0.4, 0.5) is 9.18 Å². The molecule has 0 bridgehead atoms. The molecule has 0 saturated carbocycles. The fraction of sp³-hybridized carbons (Fsp3) is 0.400. The number of methoxy groups -OCH3 is 1. The van der Waals surface area contributed by atoms with Gasteiger partial charge in [0.25, 0.3) is 5.91 Å². The molecule has 1 aliphatic heterocycles. The minimum Gasteiger partial charge on any atom is -0.497 e. The highest BCUT2D eigenvalue weighted by atomic mass is 35.5. The Morgan fingerprint density at radius 2 is 1.95 bits per heavy atom. The third-order valence-electron chi connectivity index (χ3n) is 7.07. The van der Waals surface area contributed by atoms with Crippen molar-refractivity contribution in [3.63, 3.8) is 0 Å². The standard InChI is InChI=1S/C30H36ClFN6O4/c1-29(2,3)17-30(21-10-9-19(41-7)15-23(21)32)26(39)38(27(33)35-30)24(16-42-28(40)36(4)5)18-8-11-22(31)20(14-18)25-34-12-13-37(25)6/h8-15,24H,16-17H2,1-7H3,(H2,33,35)/t24-,30-/m1/s1. The number of hydrogen-bond donors (Lipinski definition) is 2. The normalized spacial score (nSPS) is 17.7. The van der Waals surface area contributed by atoms with Crippen LogP contribution in [0.1, 0.15) is 44.4 Å². The third-order valence-corrected chi connectivity index (χ3v) is 7.40. The van der Waals surface area contributed by atoms with Crippen LogP contribution < -0.4 is 10.1 Å². The SMILES string of the molecule is COc1ccc([C@@]2(CC(C)(C)C)NC(=N)N([C@H](COC(=O)N(C)C)c3ccc(Cl)c(-c4nccn4C)c3)C2=O)c(F)c1. The van der Waals surface area contributed by atoms with Crippen molar-refractivity contribution in [3.05, 3.63) is 70.8 Å². The number of benzene rings is 2. The Hall–Kier alpha value is -4.12. The van der Waals surface area contributed by atoms with Gasteiger partial charge in [0.05, 0.1) is 18.2 Å². The maximum atomic E-state index is 15.6. The molecule has 1 fully saturated rings. The first-order chi connectivity index (χ1) is 19.7. The molecule has 1 aliphatic rings. The van der Waals surface area contributed by atoms with Crippen LogP contribution in [0.25, 0.3) is 11.4 Å². The summed E-state index contributed by atoms with van der Waals surface area (Å²) in [6, 6.07) is 8.50. The number of ether oxygens (including phenoxy) is 2. The minimum atomic E-state index is -1.61. The van der Waals surface area contributed by atoms with E-state index in [0.717, 1.165) is 0 Å². The Bertz CT molecular complexity index is 1520. The summed E-state index contributed by atoms with van der Waals surface area (Å²) in [5, 5.41) is 12.4. The molecule has 2 atom stereocenters. The lowest BCUT2D eigenvalue weighted by Gasteiger charge is -2.35. The average Bonchev–Trinajstić information content (AvgIpc) is 3.44. The average molecular weight is 599 g/mol. The summed E-state index contributed by atoms with van der Waals surface area (Å²) in [4.78, 5) is 34.0. The first-order valence-corrected chi connectivity index (χ1v) is 13.7. The van der Waals surface area contributed by atoms with Crippen molar-refractivity contribution in [2.24, 2.45) is 12.5 Å². The van der Waals surface area contributed by atoms with Gasteiger partial charge in [-0.15, -0.1) is 0 Å². The molecule has 1 aromatic heterocycles. The summed E-state index contributed by atoms with van der Waals surface area (Å²) in [5.41, 5.74) is -0.831. The smallest absolute Gasteiger partial charge is 0.409 e. The van der Waals surface area contributed by atoms with E-state index in [4.69, 9.17) is 26.5 Å². The van der Waals surface area contributed by atoms with Gasteiger partial charge in [-0.05, 0) is 41.7 Å². The predicted octanol–water partition coefficient (Wildman–Crippen LogP) is 5.33. The number of carbonyl (C=O) groups excluding carboxylic acids is 2. The fourth-order valence-corrected chi connectivity index (χ4v) is 5.43. The van der Waals surface area contributed by atoms with E-state index in [1.54, 1.807) is 55.3 Å². The maximum Gasteiger partial charge on any atom is 0.409 e. The van der Waals surface area contributed by atoms with Crippen molar-refractivity contribution in [2.45, 2.75) is 38.8 Å². The largest absolute Gasteiger partial charge is 0.497 e. The highest BCUT2D eigenvalue weighted by molar-refractivity contribution is 6.33. The van der Waals surface area contributed by atoms with Gasteiger partial charge in [-0.2, -0.15) is 0 Å². The van der Waals surface area contributed by atoms with E-state index in [1.807, 2.05) is 27.8 Å². The Morgan fingerprint density at radius 3 is 2.52 bits per heavy atom. The van der Waals surface area contributed by atoms with Gasteiger partial charge in [0.2, 0.25) is 0 Å². The van der Waals surface area contributed by atoms with Crippen LogP contribution in [0.15, 0.2) is 48.8 Å². The zero-order valence-corrected chi connectivity index (χ0v) is 25.5. The van der Waals surface area contributed by atoms with Gasteiger partial charge in [-0.1, -0.05) is 38.4 Å². The summed E-state index contributed by atoms with van der Waals surface area (Å²) < 4.78 is 28.2. The van der Waals surface area contributed by atoms with Crippen LogP contribution in [-0.4, -0.2) is 65.1 Å². The van der Waals surface area contributed by atoms with Crippen molar-refractivity contribution >= 4 is 29.6 Å². The second kappa shape index (κ2) is 11.6. The molecular formula is C30H36ClFN6O4. The minimum absolute atomic E-state index is 0.0873. The third kappa shape index (κ3) is 5.92. The van der Waals surface area contributed by atoms with Gasteiger partial charge in [0.1, 0.15) is 29.5 Å². The monoisotopic (exact) mass is 598 g/mol. The van der Waals surface area contributed by atoms with Crippen LogP contribution in [0.2, 0.25) is 5.02 Å². The van der Waals surface area contributed by atoms with E-state index in [-0.39, 0.29) is 24.6 Å². The molecule has 1 saturated heterocycles. The highest BCUT2D eigenvalue weighted by Crippen LogP contribution is 2.44. The maximum absolute atomic E-state index is 15.6. The Balaban J connectivity index is 1.86.